The zero-order chi connectivity index (χ0) is 12.4. The summed E-state index contributed by atoms with van der Waals surface area (Å²) in [5.41, 5.74) is 1.18. The van der Waals surface area contributed by atoms with Crippen LogP contribution in [0.25, 0.3) is 6.08 Å². The number of amides is 3. The fourth-order valence-electron chi connectivity index (χ4n) is 1.62. The van der Waals surface area contributed by atoms with Gasteiger partial charge in [-0.2, -0.15) is 0 Å². The van der Waals surface area contributed by atoms with Crippen LogP contribution < -0.4 is 5.32 Å². The fraction of sp³-hybridized carbons (Fsp3) is 0.167. The highest BCUT2D eigenvalue weighted by atomic mass is 79.9. The number of nitrogens with one attached hydrogen (secondary N) is 1. The Balaban J connectivity index is 2.30. The number of carbonyl (C=O) groups excluding carboxylic acids is 2. The molecule has 0 aromatic heterocycles. The van der Waals surface area contributed by atoms with Crippen molar-refractivity contribution in [3.63, 3.8) is 0 Å². The van der Waals surface area contributed by atoms with Gasteiger partial charge in [-0.05, 0) is 30.7 Å². The summed E-state index contributed by atoms with van der Waals surface area (Å²) in [6, 6.07) is 7.15. The minimum Gasteiger partial charge on any atom is -0.303 e. The van der Waals surface area contributed by atoms with Crippen LogP contribution in [0, 0.1) is 0 Å². The molecule has 1 aliphatic heterocycles. The highest BCUT2D eigenvalue weighted by molar-refractivity contribution is 9.10. The molecule has 17 heavy (non-hydrogen) atoms. The molecule has 1 aromatic carbocycles. The molecule has 4 nitrogen and oxygen atoms in total. The number of urea groups is 1. The van der Waals surface area contributed by atoms with Crippen LogP contribution in [0.15, 0.2) is 34.4 Å². The van der Waals surface area contributed by atoms with E-state index in [1.165, 1.54) is 4.90 Å². The molecule has 0 bridgehead atoms. The van der Waals surface area contributed by atoms with E-state index in [4.69, 9.17) is 0 Å². The molecule has 0 atom stereocenters. The third-order valence-corrected chi connectivity index (χ3v) is 2.93. The molecule has 1 fully saturated rings. The number of nitrogens with zero attached hydrogens (tertiary/aromatic N) is 1. The van der Waals surface area contributed by atoms with Crippen LogP contribution in [0.4, 0.5) is 4.79 Å². The van der Waals surface area contributed by atoms with Gasteiger partial charge in [-0.1, -0.05) is 28.1 Å². The van der Waals surface area contributed by atoms with E-state index in [1.54, 1.807) is 13.0 Å². The van der Waals surface area contributed by atoms with Crippen molar-refractivity contribution < 1.29 is 9.59 Å². The van der Waals surface area contributed by atoms with Gasteiger partial charge in [0.1, 0.15) is 5.70 Å². The number of carbonyl (C=O) groups is 2. The Kier molecular flexibility index (Phi) is 3.28. The standard InChI is InChI=1S/C12H11BrN2O2/c1-2-15-11(16)10(14-12(15)17)7-8-4-3-5-9(13)6-8/h3-7H,2H2,1H3,(H,14,17)/b10-7+. The highest BCUT2D eigenvalue weighted by Crippen LogP contribution is 2.17. The molecule has 1 aliphatic rings. The summed E-state index contributed by atoms with van der Waals surface area (Å²) in [6.45, 7) is 2.14. The molecule has 5 heteroatoms. The van der Waals surface area contributed by atoms with Gasteiger partial charge in [0.25, 0.3) is 5.91 Å². The Morgan fingerprint density at radius 2 is 2.18 bits per heavy atom. The minimum absolute atomic E-state index is 0.280. The first-order valence-electron chi connectivity index (χ1n) is 5.22. The lowest BCUT2D eigenvalue weighted by atomic mass is 10.2. The minimum atomic E-state index is -0.362. The summed E-state index contributed by atoms with van der Waals surface area (Å²) < 4.78 is 0.927. The maximum atomic E-state index is 11.8. The number of rotatable bonds is 2. The van der Waals surface area contributed by atoms with Crippen molar-refractivity contribution in [3.05, 3.63) is 40.0 Å². The molecular weight excluding hydrogens is 284 g/mol. The number of hydrogen-bond acceptors (Lipinski definition) is 2. The second-order valence-electron chi connectivity index (χ2n) is 3.59. The van der Waals surface area contributed by atoms with Crippen molar-refractivity contribution in [1.82, 2.24) is 10.2 Å². The van der Waals surface area contributed by atoms with Gasteiger partial charge in [-0.3, -0.25) is 9.69 Å². The summed E-state index contributed by atoms with van der Waals surface area (Å²) in [5, 5.41) is 2.56. The topological polar surface area (TPSA) is 49.4 Å². The van der Waals surface area contributed by atoms with Gasteiger partial charge in [-0.25, -0.2) is 4.79 Å². The second-order valence-corrected chi connectivity index (χ2v) is 4.51. The van der Waals surface area contributed by atoms with Crippen molar-refractivity contribution in [1.29, 1.82) is 0 Å². The third kappa shape index (κ3) is 2.39. The average molecular weight is 295 g/mol. The number of likely N-dealkylation sites (N-methyl/N-ethyl adjacent to an activating group) is 1. The van der Waals surface area contributed by atoms with E-state index in [9.17, 15) is 9.59 Å². The molecule has 1 saturated heterocycles. The fourth-order valence-corrected chi connectivity index (χ4v) is 2.04. The summed E-state index contributed by atoms with van der Waals surface area (Å²) in [4.78, 5) is 24.4. The molecule has 1 heterocycles. The van der Waals surface area contributed by atoms with Crippen molar-refractivity contribution in [2.45, 2.75) is 6.92 Å². The summed E-state index contributed by atoms with van der Waals surface area (Å²) in [6.07, 6.45) is 1.67. The second kappa shape index (κ2) is 4.71. The zero-order valence-corrected chi connectivity index (χ0v) is 10.8. The lowest BCUT2D eigenvalue weighted by molar-refractivity contribution is -0.122. The first kappa shape index (κ1) is 11.9. The summed E-state index contributed by atoms with van der Waals surface area (Å²) in [7, 11) is 0. The predicted molar refractivity (Wildman–Crippen MR) is 68.0 cm³/mol. The van der Waals surface area contributed by atoms with E-state index in [-0.39, 0.29) is 11.9 Å². The molecule has 2 rings (SSSR count). The molecular formula is C12H11BrN2O2. The Morgan fingerprint density at radius 3 is 2.76 bits per heavy atom. The lowest BCUT2D eigenvalue weighted by Crippen LogP contribution is -2.30. The summed E-state index contributed by atoms with van der Waals surface area (Å²) >= 11 is 3.35. The van der Waals surface area contributed by atoms with Crippen molar-refractivity contribution in [3.8, 4) is 0 Å². The molecule has 0 radical (unpaired) electrons. The van der Waals surface area contributed by atoms with Gasteiger partial charge in [0.05, 0.1) is 0 Å². The Morgan fingerprint density at radius 1 is 1.41 bits per heavy atom. The maximum Gasteiger partial charge on any atom is 0.328 e. The smallest absolute Gasteiger partial charge is 0.303 e. The SMILES string of the molecule is CCN1C(=O)N/C(=C/c2cccc(Br)c2)C1=O. The van der Waals surface area contributed by atoms with Gasteiger partial charge in [0.2, 0.25) is 0 Å². The molecule has 0 unspecified atom stereocenters. The van der Waals surface area contributed by atoms with Gasteiger partial charge in [-0.15, -0.1) is 0 Å². The molecule has 0 aliphatic carbocycles. The van der Waals surface area contributed by atoms with Crippen molar-refractivity contribution in [2.24, 2.45) is 0 Å². The number of imide groups is 1. The molecule has 0 saturated carbocycles. The largest absolute Gasteiger partial charge is 0.328 e. The average Bonchev–Trinajstić information content (AvgIpc) is 2.54. The Labute approximate surface area is 107 Å². The van der Waals surface area contributed by atoms with Crippen molar-refractivity contribution in [2.75, 3.05) is 6.54 Å². The van der Waals surface area contributed by atoms with E-state index >= 15 is 0 Å². The van der Waals surface area contributed by atoms with Crippen LogP contribution in [-0.2, 0) is 4.79 Å². The van der Waals surface area contributed by atoms with Gasteiger partial charge in [0, 0.05) is 11.0 Å². The number of hydrogen-bond donors (Lipinski definition) is 1. The van der Waals surface area contributed by atoms with Crippen LogP contribution in [0.5, 0.6) is 0 Å². The van der Waals surface area contributed by atoms with E-state index < -0.39 is 0 Å². The third-order valence-electron chi connectivity index (χ3n) is 2.44. The zero-order valence-electron chi connectivity index (χ0n) is 9.24. The van der Waals surface area contributed by atoms with Crippen LogP contribution >= 0.6 is 15.9 Å². The normalized spacial score (nSPS) is 17.8. The van der Waals surface area contributed by atoms with E-state index in [2.05, 4.69) is 21.2 Å². The van der Waals surface area contributed by atoms with Gasteiger partial charge < -0.3 is 5.32 Å². The maximum absolute atomic E-state index is 11.8. The summed E-state index contributed by atoms with van der Waals surface area (Å²) in [5.74, 6) is -0.280. The van der Waals surface area contributed by atoms with Crippen LogP contribution in [0.2, 0.25) is 0 Å². The van der Waals surface area contributed by atoms with Crippen molar-refractivity contribution >= 4 is 33.9 Å². The van der Waals surface area contributed by atoms with E-state index in [0.717, 1.165) is 10.0 Å². The lowest BCUT2D eigenvalue weighted by Gasteiger charge is -2.06. The molecule has 1 N–H and O–H groups in total. The number of benzene rings is 1. The number of halogens is 1. The van der Waals surface area contributed by atoms with E-state index in [0.29, 0.717) is 12.2 Å². The Hall–Kier alpha value is -1.62. The molecule has 0 spiro atoms. The first-order chi connectivity index (χ1) is 8.11. The monoisotopic (exact) mass is 294 g/mol. The predicted octanol–water partition coefficient (Wildman–Crippen LogP) is 2.36. The Bertz CT molecular complexity index is 511. The highest BCUT2D eigenvalue weighted by Gasteiger charge is 2.31. The van der Waals surface area contributed by atoms with Crippen LogP contribution in [-0.4, -0.2) is 23.4 Å². The van der Waals surface area contributed by atoms with Crippen LogP contribution in [0.3, 0.4) is 0 Å². The molecule has 88 valence electrons. The molecule has 3 amide bonds. The first-order valence-corrected chi connectivity index (χ1v) is 6.01. The molecule has 1 aromatic rings. The van der Waals surface area contributed by atoms with Gasteiger partial charge in [0.15, 0.2) is 0 Å². The van der Waals surface area contributed by atoms with Crippen LogP contribution in [0.1, 0.15) is 12.5 Å². The quantitative estimate of drug-likeness (QED) is 0.672. The van der Waals surface area contributed by atoms with Gasteiger partial charge >= 0.3 is 6.03 Å². The van der Waals surface area contributed by atoms with E-state index in [1.807, 2.05) is 24.3 Å².